The van der Waals surface area contributed by atoms with Crippen molar-refractivity contribution in [1.82, 2.24) is 14.7 Å². The summed E-state index contributed by atoms with van der Waals surface area (Å²) in [6.07, 6.45) is 3.53. The number of hydrogen-bond donors (Lipinski definition) is 0. The first-order chi connectivity index (χ1) is 13.0. The van der Waals surface area contributed by atoms with E-state index >= 15 is 0 Å². The molecule has 0 aliphatic carbocycles. The summed E-state index contributed by atoms with van der Waals surface area (Å²) in [5.74, 6) is -0.212. The Labute approximate surface area is 155 Å². The SMILES string of the molecule is COc1ccc(C(=O)N(C)Cc2cnn(-c3ccccc3)c2)cc1[N+](=O)[O-]. The lowest BCUT2D eigenvalue weighted by Gasteiger charge is -2.16. The molecule has 0 N–H and O–H groups in total. The quantitative estimate of drug-likeness (QED) is 0.494. The molecule has 138 valence electrons. The number of rotatable bonds is 6. The number of benzene rings is 2. The summed E-state index contributed by atoms with van der Waals surface area (Å²) in [6.45, 7) is 0.325. The number of carbonyl (C=O) groups is 1. The van der Waals surface area contributed by atoms with E-state index in [1.807, 2.05) is 36.5 Å². The molecule has 27 heavy (non-hydrogen) atoms. The Morgan fingerprint density at radius 3 is 2.67 bits per heavy atom. The molecule has 3 rings (SSSR count). The lowest BCUT2D eigenvalue weighted by molar-refractivity contribution is -0.385. The van der Waals surface area contributed by atoms with Gasteiger partial charge in [-0.05, 0) is 24.3 Å². The van der Waals surface area contributed by atoms with Crippen LogP contribution in [0.4, 0.5) is 5.69 Å². The molecule has 0 saturated carbocycles. The molecule has 0 bridgehead atoms. The van der Waals surface area contributed by atoms with E-state index in [2.05, 4.69) is 5.10 Å². The molecule has 0 unspecified atom stereocenters. The van der Waals surface area contributed by atoms with E-state index in [0.717, 1.165) is 11.3 Å². The topological polar surface area (TPSA) is 90.5 Å². The van der Waals surface area contributed by atoms with Crippen LogP contribution in [0.15, 0.2) is 60.9 Å². The largest absolute Gasteiger partial charge is 0.490 e. The number of methoxy groups -OCH3 is 1. The number of para-hydroxylation sites is 1. The van der Waals surface area contributed by atoms with Gasteiger partial charge in [0.2, 0.25) is 0 Å². The predicted molar refractivity (Wildman–Crippen MR) is 99.0 cm³/mol. The molecule has 1 heterocycles. The number of nitrogens with zero attached hydrogens (tertiary/aromatic N) is 4. The Balaban J connectivity index is 1.76. The average molecular weight is 366 g/mol. The normalized spacial score (nSPS) is 10.4. The minimum atomic E-state index is -0.570. The van der Waals surface area contributed by atoms with Crippen molar-refractivity contribution in [1.29, 1.82) is 0 Å². The molecule has 0 atom stereocenters. The van der Waals surface area contributed by atoms with Gasteiger partial charge in [0.05, 0.1) is 23.9 Å². The second-order valence-electron chi connectivity index (χ2n) is 5.93. The fourth-order valence-corrected chi connectivity index (χ4v) is 2.70. The van der Waals surface area contributed by atoms with E-state index in [1.54, 1.807) is 17.9 Å². The number of hydrogen-bond acceptors (Lipinski definition) is 5. The van der Waals surface area contributed by atoms with Crippen molar-refractivity contribution < 1.29 is 14.5 Å². The van der Waals surface area contributed by atoms with E-state index in [1.165, 1.54) is 30.2 Å². The van der Waals surface area contributed by atoms with Crippen molar-refractivity contribution in [3.05, 3.63) is 82.2 Å². The minimum Gasteiger partial charge on any atom is -0.490 e. The van der Waals surface area contributed by atoms with Crippen LogP contribution in [-0.4, -0.2) is 39.7 Å². The van der Waals surface area contributed by atoms with Crippen molar-refractivity contribution in [2.75, 3.05) is 14.2 Å². The van der Waals surface area contributed by atoms with Gasteiger partial charge in [-0.15, -0.1) is 0 Å². The summed E-state index contributed by atoms with van der Waals surface area (Å²) in [6, 6.07) is 13.8. The van der Waals surface area contributed by atoms with Gasteiger partial charge in [-0.1, -0.05) is 18.2 Å². The highest BCUT2D eigenvalue weighted by atomic mass is 16.6. The highest BCUT2D eigenvalue weighted by molar-refractivity contribution is 5.95. The van der Waals surface area contributed by atoms with Gasteiger partial charge in [0, 0.05) is 37.0 Å². The van der Waals surface area contributed by atoms with Gasteiger partial charge >= 0.3 is 5.69 Å². The molecule has 0 spiro atoms. The summed E-state index contributed by atoms with van der Waals surface area (Å²) in [5, 5.41) is 15.4. The number of carbonyl (C=O) groups excluding carboxylic acids is 1. The van der Waals surface area contributed by atoms with Crippen LogP contribution in [0.2, 0.25) is 0 Å². The summed E-state index contributed by atoms with van der Waals surface area (Å²) in [7, 11) is 2.98. The molecule has 8 nitrogen and oxygen atoms in total. The number of nitro groups is 1. The van der Waals surface area contributed by atoms with Gasteiger partial charge in [0.15, 0.2) is 5.75 Å². The van der Waals surface area contributed by atoms with Crippen molar-refractivity contribution in [3.8, 4) is 11.4 Å². The molecule has 8 heteroatoms. The summed E-state index contributed by atoms with van der Waals surface area (Å²) < 4.78 is 6.69. The fraction of sp³-hybridized carbons (Fsp3) is 0.158. The molecular weight excluding hydrogens is 348 g/mol. The second-order valence-corrected chi connectivity index (χ2v) is 5.93. The minimum absolute atomic E-state index is 0.114. The molecule has 2 aromatic carbocycles. The van der Waals surface area contributed by atoms with Crippen LogP contribution in [0.25, 0.3) is 5.69 Å². The van der Waals surface area contributed by atoms with E-state index in [4.69, 9.17) is 4.74 Å². The lowest BCUT2D eigenvalue weighted by Crippen LogP contribution is -2.26. The van der Waals surface area contributed by atoms with E-state index in [9.17, 15) is 14.9 Å². The average Bonchev–Trinajstić information content (AvgIpc) is 3.16. The smallest absolute Gasteiger partial charge is 0.311 e. The molecule has 0 radical (unpaired) electrons. The lowest BCUT2D eigenvalue weighted by atomic mass is 10.1. The second kappa shape index (κ2) is 7.69. The van der Waals surface area contributed by atoms with Crippen molar-refractivity contribution in [2.45, 2.75) is 6.54 Å². The number of nitro benzene ring substituents is 1. The van der Waals surface area contributed by atoms with Gasteiger partial charge in [0.1, 0.15) is 0 Å². The standard InChI is InChI=1S/C19H18N4O4/c1-21(12-14-11-20-22(13-14)16-6-4-3-5-7-16)19(24)15-8-9-18(27-2)17(10-15)23(25)26/h3-11,13H,12H2,1-2H3. The molecule has 0 aliphatic heterocycles. The maximum absolute atomic E-state index is 12.6. The van der Waals surface area contributed by atoms with E-state index < -0.39 is 4.92 Å². The monoisotopic (exact) mass is 366 g/mol. The predicted octanol–water partition coefficient (Wildman–Crippen LogP) is 3.06. The third-order valence-electron chi connectivity index (χ3n) is 4.05. The Kier molecular flexibility index (Phi) is 5.16. The zero-order valence-corrected chi connectivity index (χ0v) is 14.9. The van der Waals surface area contributed by atoms with Gasteiger partial charge in [-0.2, -0.15) is 5.10 Å². The van der Waals surface area contributed by atoms with Gasteiger partial charge < -0.3 is 9.64 Å². The van der Waals surface area contributed by atoms with Crippen LogP contribution in [0.1, 0.15) is 15.9 Å². The molecule has 0 saturated heterocycles. The molecule has 0 aliphatic rings. The van der Waals surface area contributed by atoms with Gasteiger partial charge in [0.25, 0.3) is 5.91 Å². The van der Waals surface area contributed by atoms with Crippen LogP contribution in [0.5, 0.6) is 5.75 Å². The highest BCUT2D eigenvalue weighted by Gasteiger charge is 2.20. The highest BCUT2D eigenvalue weighted by Crippen LogP contribution is 2.28. The molecule has 1 amide bonds. The summed E-state index contributed by atoms with van der Waals surface area (Å²) >= 11 is 0. The fourth-order valence-electron chi connectivity index (χ4n) is 2.70. The van der Waals surface area contributed by atoms with E-state index in [0.29, 0.717) is 6.54 Å². The maximum atomic E-state index is 12.6. The molecule has 1 aromatic heterocycles. The first kappa shape index (κ1) is 18.1. The maximum Gasteiger partial charge on any atom is 0.311 e. The number of ether oxygens (including phenoxy) is 1. The third kappa shape index (κ3) is 3.95. The molecular formula is C19H18N4O4. The zero-order valence-electron chi connectivity index (χ0n) is 14.9. The van der Waals surface area contributed by atoms with Crippen LogP contribution in [-0.2, 0) is 6.54 Å². The van der Waals surface area contributed by atoms with Crippen LogP contribution in [0, 0.1) is 10.1 Å². The molecule has 0 fully saturated rings. The van der Waals surface area contributed by atoms with E-state index in [-0.39, 0.29) is 22.9 Å². The number of amides is 1. The first-order valence-electron chi connectivity index (χ1n) is 8.16. The Hall–Kier alpha value is -3.68. The van der Waals surface area contributed by atoms with Gasteiger partial charge in [-0.25, -0.2) is 4.68 Å². The molecule has 3 aromatic rings. The zero-order chi connectivity index (χ0) is 19.4. The Morgan fingerprint density at radius 2 is 2.00 bits per heavy atom. The van der Waals surface area contributed by atoms with Gasteiger partial charge in [-0.3, -0.25) is 14.9 Å². The Morgan fingerprint density at radius 1 is 1.26 bits per heavy atom. The van der Waals surface area contributed by atoms with Crippen molar-refractivity contribution >= 4 is 11.6 Å². The Bertz CT molecular complexity index is 969. The van der Waals surface area contributed by atoms with Crippen LogP contribution < -0.4 is 4.74 Å². The first-order valence-corrected chi connectivity index (χ1v) is 8.16. The van der Waals surface area contributed by atoms with Crippen LogP contribution >= 0.6 is 0 Å². The summed E-state index contributed by atoms with van der Waals surface area (Å²) in [4.78, 5) is 24.7. The number of aromatic nitrogens is 2. The third-order valence-corrected chi connectivity index (χ3v) is 4.05. The van der Waals surface area contributed by atoms with Crippen molar-refractivity contribution in [2.24, 2.45) is 0 Å². The van der Waals surface area contributed by atoms with Crippen LogP contribution in [0.3, 0.4) is 0 Å². The van der Waals surface area contributed by atoms with Crippen molar-refractivity contribution in [3.63, 3.8) is 0 Å². The summed E-state index contributed by atoms with van der Waals surface area (Å²) in [5.41, 5.74) is 1.75.